The number of nitrogens with zero attached hydrogens (tertiary/aromatic N) is 2. The van der Waals surface area contributed by atoms with Gasteiger partial charge in [-0.05, 0) is 60.2 Å². The Kier molecular flexibility index (Phi) is 5.52. The average Bonchev–Trinajstić information content (AvgIpc) is 2.79. The van der Waals surface area contributed by atoms with E-state index in [0.29, 0.717) is 22.8 Å². The second-order valence-corrected chi connectivity index (χ2v) is 6.95. The van der Waals surface area contributed by atoms with Crippen molar-refractivity contribution in [3.8, 4) is 40.0 Å². The molecule has 0 unspecified atom stereocenters. The molecule has 7 heteroatoms. The zero-order valence-corrected chi connectivity index (χ0v) is 16.6. The van der Waals surface area contributed by atoms with Crippen LogP contribution < -0.4 is 10.5 Å². The first kappa shape index (κ1) is 20.9. The van der Waals surface area contributed by atoms with Crippen molar-refractivity contribution in [1.29, 1.82) is 5.26 Å². The van der Waals surface area contributed by atoms with Crippen LogP contribution in [0.2, 0.25) is 0 Å². The first-order chi connectivity index (χ1) is 15.3. The van der Waals surface area contributed by atoms with Crippen molar-refractivity contribution in [2.75, 3.05) is 5.73 Å². The molecule has 4 aromatic rings. The smallest absolute Gasteiger partial charge is 0.416 e. The third kappa shape index (κ3) is 4.40. The van der Waals surface area contributed by atoms with Crippen molar-refractivity contribution in [3.05, 3.63) is 96.1 Å². The molecule has 4 rings (SSSR count). The van der Waals surface area contributed by atoms with Gasteiger partial charge in [-0.3, -0.25) is 0 Å². The van der Waals surface area contributed by atoms with Crippen LogP contribution in [0.3, 0.4) is 0 Å². The van der Waals surface area contributed by atoms with Crippen molar-refractivity contribution in [2.24, 2.45) is 0 Å². The number of rotatable bonds is 4. The number of pyridine rings is 1. The molecule has 3 aromatic carbocycles. The highest BCUT2D eigenvalue weighted by molar-refractivity contribution is 5.80. The zero-order chi connectivity index (χ0) is 22.7. The average molecular weight is 431 g/mol. The highest BCUT2D eigenvalue weighted by atomic mass is 19.4. The molecule has 32 heavy (non-hydrogen) atoms. The van der Waals surface area contributed by atoms with Crippen LogP contribution in [-0.4, -0.2) is 4.98 Å². The Labute approximate surface area is 182 Å². The number of hydrogen-bond acceptors (Lipinski definition) is 4. The Bertz CT molecular complexity index is 1300. The summed E-state index contributed by atoms with van der Waals surface area (Å²) in [5.41, 5.74) is 6.82. The molecule has 0 bridgehead atoms. The van der Waals surface area contributed by atoms with Crippen molar-refractivity contribution >= 4 is 5.82 Å². The first-order valence-corrected chi connectivity index (χ1v) is 9.57. The summed E-state index contributed by atoms with van der Waals surface area (Å²) >= 11 is 0. The molecule has 0 amide bonds. The number of halogens is 3. The van der Waals surface area contributed by atoms with Gasteiger partial charge in [-0.15, -0.1) is 0 Å². The van der Waals surface area contributed by atoms with Crippen molar-refractivity contribution < 1.29 is 17.9 Å². The summed E-state index contributed by atoms with van der Waals surface area (Å²) in [7, 11) is 0. The predicted octanol–water partition coefficient (Wildman–Crippen LogP) is 6.68. The van der Waals surface area contributed by atoms with E-state index in [2.05, 4.69) is 4.98 Å². The Hall–Kier alpha value is -4.31. The van der Waals surface area contributed by atoms with Gasteiger partial charge in [0.1, 0.15) is 28.9 Å². The summed E-state index contributed by atoms with van der Waals surface area (Å²) in [4.78, 5) is 4.28. The van der Waals surface area contributed by atoms with Crippen molar-refractivity contribution in [2.45, 2.75) is 6.18 Å². The maximum atomic E-state index is 13.2. The van der Waals surface area contributed by atoms with Crippen LogP contribution in [0.25, 0.3) is 22.4 Å². The minimum Gasteiger partial charge on any atom is -0.457 e. The Morgan fingerprint density at radius 2 is 1.50 bits per heavy atom. The van der Waals surface area contributed by atoms with Crippen molar-refractivity contribution in [3.63, 3.8) is 0 Å². The molecule has 0 saturated carbocycles. The fraction of sp³-hybridized carbons (Fsp3) is 0.0400. The third-order valence-corrected chi connectivity index (χ3v) is 4.79. The second kappa shape index (κ2) is 8.44. The molecule has 0 aliphatic heterocycles. The summed E-state index contributed by atoms with van der Waals surface area (Å²) in [6.45, 7) is 0. The number of hydrogen-bond donors (Lipinski definition) is 1. The monoisotopic (exact) mass is 431 g/mol. The van der Waals surface area contributed by atoms with Crippen LogP contribution in [0.4, 0.5) is 19.0 Å². The third-order valence-electron chi connectivity index (χ3n) is 4.79. The van der Waals surface area contributed by atoms with Gasteiger partial charge in [0.2, 0.25) is 0 Å². The molecular weight excluding hydrogens is 415 g/mol. The van der Waals surface area contributed by atoms with Gasteiger partial charge in [0, 0.05) is 11.1 Å². The van der Waals surface area contributed by atoms with E-state index >= 15 is 0 Å². The van der Waals surface area contributed by atoms with E-state index < -0.39 is 11.7 Å². The van der Waals surface area contributed by atoms with Crippen LogP contribution in [0.5, 0.6) is 11.5 Å². The largest absolute Gasteiger partial charge is 0.457 e. The number of benzene rings is 3. The maximum absolute atomic E-state index is 13.2. The SMILES string of the molecule is N#Cc1c(-c2cccc(C(F)(F)F)c2)cc(-c2ccc(Oc3ccccc3)cc2)nc1N. The van der Waals surface area contributed by atoms with Crippen LogP contribution in [0.1, 0.15) is 11.1 Å². The summed E-state index contributed by atoms with van der Waals surface area (Å²) in [6, 6.07) is 24.6. The quantitative estimate of drug-likeness (QED) is 0.391. The van der Waals surface area contributed by atoms with Crippen LogP contribution in [-0.2, 0) is 6.18 Å². The summed E-state index contributed by atoms with van der Waals surface area (Å²) < 4.78 is 45.3. The van der Waals surface area contributed by atoms with Gasteiger partial charge >= 0.3 is 6.18 Å². The molecule has 0 saturated heterocycles. The van der Waals surface area contributed by atoms with Gasteiger partial charge < -0.3 is 10.5 Å². The van der Waals surface area contributed by atoms with E-state index in [1.54, 1.807) is 30.3 Å². The van der Waals surface area contributed by atoms with E-state index in [-0.39, 0.29) is 22.5 Å². The summed E-state index contributed by atoms with van der Waals surface area (Å²) in [5, 5.41) is 9.52. The van der Waals surface area contributed by atoms with Crippen LogP contribution in [0, 0.1) is 11.3 Å². The van der Waals surface area contributed by atoms with Crippen molar-refractivity contribution in [1.82, 2.24) is 4.98 Å². The minimum absolute atomic E-state index is 0.0251. The van der Waals surface area contributed by atoms with Gasteiger partial charge in [-0.2, -0.15) is 18.4 Å². The number of aromatic nitrogens is 1. The Morgan fingerprint density at radius 1 is 0.812 bits per heavy atom. The molecule has 0 atom stereocenters. The number of nitrogens with two attached hydrogens (primary N) is 1. The lowest BCUT2D eigenvalue weighted by Gasteiger charge is -2.13. The molecule has 0 radical (unpaired) electrons. The highest BCUT2D eigenvalue weighted by Gasteiger charge is 2.30. The molecule has 0 aliphatic rings. The highest BCUT2D eigenvalue weighted by Crippen LogP contribution is 2.36. The molecular formula is C25H16F3N3O. The van der Waals surface area contributed by atoms with E-state index in [4.69, 9.17) is 10.5 Å². The fourth-order valence-electron chi connectivity index (χ4n) is 3.24. The maximum Gasteiger partial charge on any atom is 0.416 e. The van der Waals surface area contributed by atoms with Crippen LogP contribution >= 0.6 is 0 Å². The number of alkyl halides is 3. The standard InChI is InChI=1S/C25H16F3N3O/c26-25(27,28)18-6-4-5-17(13-18)21-14-23(31-24(30)22(21)15-29)16-9-11-20(12-10-16)32-19-7-2-1-3-8-19/h1-14H,(H2,30,31). The number of ether oxygens (including phenoxy) is 1. The van der Waals surface area contributed by atoms with Gasteiger partial charge in [-0.25, -0.2) is 4.98 Å². The summed E-state index contributed by atoms with van der Waals surface area (Å²) in [5.74, 6) is 1.24. The molecule has 0 fully saturated rings. The second-order valence-electron chi connectivity index (χ2n) is 6.95. The Morgan fingerprint density at radius 3 is 2.16 bits per heavy atom. The summed E-state index contributed by atoms with van der Waals surface area (Å²) in [6.07, 6.45) is -4.50. The first-order valence-electron chi connectivity index (χ1n) is 9.57. The van der Waals surface area contributed by atoms with Gasteiger partial charge in [0.05, 0.1) is 11.3 Å². The number of nitrogen functional groups attached to an aromatic ring is 1. The molecule has 2 N–H and O–H groups in total. The molecule has 1 heterocycles. The normalized spacial score (nSPS) is 11.1. The lowest BCUT2D eigenvalue weighted by molar-refractivity contribution is -0.137. The van der Waals surface area contributed by atoms with E-state index in [9.17, 15) is 18.4 Å². The Balaban J connectivity index is 1.72. The minimum atomic E-state index is -4.50. The van der Waals surface area contributed by atoms with E-state index in [0.717, 1.165) is 12.1 Å². The van der Waals surface area contributed by atoms with E-state index in [1.807, 2.05) is 36.4 Å². The van der Waals surface area contributed by atoms with Gasteiger partial charge in [0.25, 0.3) is 0 Å². The van der Waals surface area contributed by atoms with E-state index in [1.165, 1.54) is 12.1 Å². The van der Waals surface area contributed by atoms with Gasteiger partial charge in [-0.1, -0.05) is 30.3 Å². The predicted molar refractivity (Wildman–Crippen MR) is 116 cm³/mol. The topological polar surface area (TPSA) is 71.9 Å². The molecule has 0 spiro atoms. The van der Waals surface area contributed by atoms with Gasteiger partial charge in [0.15, 0.2) is 0 Å². The molecule has 4 nitrogen and oxygen atoms in total. The number of para-hydroxylation sites is 1. The lowest BCUT2D eigenvalue weighted by Crippen LogP contribution is -2.05. The zero-order valence-electron chi connectivity index (χ0n) is 16.6. The molecule has 1 aromatic heterocycles. The molecule has 158 valence electrons. The number of nitriles is 1. The fourth-order valence-corrected chi connectivity index (χ4v) is 3.24. The van der Waals surface area contributed by atoms with Crippen LogP contribution in [0.15, 0.2) is 84.9 Å². The number of anilines is 1. The molecule has 0 aliphatic carbocycles. The lowest BCUT2D eigenvalue weighted by atomic mass is 9.97.